The molecule has 4 rings (SSSR count). The van der Waals surface area contributed by atoms with Crippen LogP contribution in [-0.2, 0) is 51.2 Å². The summed E-state index contributed by atoms with van der Waals surface area (Å²) in [6, 6.07) is 11.0. The van der Waals surface area contributed by atoms with Gasteiger partial charge >= 0.3 is 0 Å². The van der Waals surface area contributed by atoms with E-state index in [2.05, 4.69) is 31.9 Å². The van der Waals surface area contributed by atoms with Crippen LogP contribution >= 0.6 is 11.8 Å². The maximum absolute atomic E-state index is 14.2. The fourth-order valence-corrected chi connectivity index (χ4v) is 7.24. The number of fused-ring (bicyclic) bond motifs is 2. The summed E-state index contributed by atoms with van der Waals surface area (Å²) in [4.78, 5) is 110. The second-order valence-corrected chi connectivity index (χ2v) is 15.7. The van der Waals surface area contributed by atoms with E-state index in [0.29, 0.717) is 16.9 Å². The van der Waals surface area contributed by atoms with Crippen LogP contribution in [0.25, 0.3) is 0 Å². The van der Waals surface area contributed by atoms with Gasteiger partial charge in [0, 0.05) is 25.8 Å². The second kappa shape index (κ2) is 21.7. The molecule has 308 valence electrons. The number of nitrogens with two attached hydrogens (primary N) is 1. The molecule has 8 amide bonds. The summed E-state index contributed by atoms with van der Waals surface area (Å²) in [6.07, 6.45) is 2.09. The lowest BCUT2D eigenvalue weighted by atomic mass is 10.0. The number of rotatable bonds is 12. The molecule has 0 aromatic heterocycles. The Bertz CT molecular complexity index is 1750. The number of carbonyl (C=O) groups excluding carboxylic acids is 8. The molecule has 0 unspecified atom stereocenters. The van der Waals surface area contributed by atoms with Crippen molar-refractivity contribution in [1.82, 2.24) is 36.8 Å². The van der Waals surface area contributed by atoms with Crippen LogP contribution in [0.3, 0.4) is 0 Å². The minimum absolute atomic E-state index is 0.00357. The fraction of sp³-hybridized carbons (Fsp3) is 0.500. The third-order valence-electron chi connectivity index (χ3n) is 9.76. The van der Waals surface area contributed by atoms with Gasteiger partial charge in [-0.05, 0) is 54.7 Å². The molecule has 2 aliphatic heterocycles. The lowest BCUT2D eigenvalue weighted by Gasteiger charge is -2.30. The summed E-state index contributed by atoms with van der Waals surface area (Å²) >= 11 is 1.46. The summed E-state index contributed by atoms with van der Waals surface area (Å²) in [7, 11) is 0. The summed E-state index contributed by atoms with van der Waals surface area (Å²) < 4.78 is 0. The maximum atomic E-state index is 14.2. The van der Waals surface area contributed by atoms with Crippen molar-refractivity contribution in [2.75, 3.05) is 25.1 Å². The quantitative estimate of drug-likeness (QED) is 0.149. The first kappa shape index (κ1) is 44.3. The molecule has 2 aromatic rings. The number of hydrogen-bond acceptors (Lipinski definition) is 9. The van der Waals surface area contributed by atoms with Crippen molar-refractivity contribution >= 4 is 59.0 Å². The first-order valence-corrected chi connectivity index (χ1v) is 20.6. The van der Waals surface area contributed by atoms with Gasteiger partial charge < -0.3 is 42.5 Å². The van der Waals surface area contributed by atoms with E-state index >= 15 is 0 Å². The van der Waals surface area contributed by atoms with Crippen LogP contribution in [0.1, 0.15) is 57.1 Å². The molecule has 2 aliphatic rings. The van der Waals surface area contributed by atoms with Gasteiger partial charge in [0.1, 0.15) is 36.3 Å². The average Bonchev–Trinajstić information content (AvgIpc) is 3.54. The number of hydrogen-bond donors (Lipinski definition) is 7. The monoisotopic (exact) mass is 806 g/mol. The van der Waals surface area contributed by atoms with Crippen molar-refractivity contribution in [1.29, 1.82) is 0 Å². The lowest BCUT2D eigenvalue weighted by molar-refractivity contribution is -0.141. The van der Waals surface area contributed by atoms with Gasteiger partial charge in [0.2, 0.25) is 47.3 Å². The standard InChI is InChI=1S/C40H54N8O8S/c1-24(2)20-32-39(55)44-28(17-19-57-3)35(51)42-23-34(50)43-27(14-15-33(41)49)36(52)46-31(22-26-12-8-5-9-13-26)38(54)47-30(21-25-10-6-4-7-11-25)37(53)45-29-16-18-48(32)40(29)56/h4-13,24,27-32H,14-23H2,1-3H3,(H2,41,49)(H,42,51)(H,43,50)(H,44,55)(H,45,53)(H,46,52)(H,47,54)/t27-,28-,29+,30-,31-,32-/m0/s1. The molecule has 0 saturated carbocycles. The zero-order chi connectivity index (χ0) is 41.5. The van der Waals surface area contributed by atoms with Gasteiger partial charge in [-0.25, -0.2) is 0 Å². The molecular weight excluding hydrogens is 753 g/mol. The smallest absolute Gasteiger partial charge is 0.245 e. The van der Waals surface area contributed by atoms with Gasteiger partial charge in [0.25, 0.3) is 0 Å². The highest BCUT2D eigenvalue weighted by molar-refractivity contribution is 7.98. The van der Waals surface area contributed by atoms with E-state index in [1.165, 1.54) is 16.7 Å². The highest BCUT2D eigenvalue weighted by atomic mass is 32.2. The van der Waals surface area contributed by atoms with Gasteiger partial charge in [-0.15, -0.1) is 0 Å². The molecule has 2 heterocycles. The molecule has 2 saturated heterocycles. The number of nitrogens with zero attached hydrogens (tertiary/aromatic N) is 1. The summed E-state index contributed by atoms with van der Waals surface area (Å²) in [6.45, 7) is 3.40. The number of benzene rings is 2. The van der Waals surface area contributed by atoms with Gasteiger partial charge in [0.05, 0.1) is 6.54 Å². The Morgan fingerprint density at radius 2 is 1.25 bits per heavy atom. The number of carbonyl (C=O) groups is 8. The Labute approximate surface area is 337 Å². The molecule has 2 bridgehead atoms. The molecule has 57 heavy (non-hydrogen) atoms. The SMILES string of the molecule is CSCC[C@@H]1NC(=O)[C@H](CC(C)C)N2CC[C@@H](NC(=O)[C@H](Cc3ccccc3)NC(=O)[C@H](Cc3ccccc3)NC(=O)[C@H](CCC(N)=O)NC(=O)CNC1=O)C2=O. The number of primary amides is 1. The van der Waals surface area contributed by atoms with Crippen molar-refractivity contribution in [3.05, 3.63) is 71.8 Å². The predicted octanol–water partition coefficient (Wildman–Crippen LogP) is -0.309. The van der Waals surface area contributed by atoms with Crippen molar-refractivity contribution in [2.24, 2.45) is 11.7 Å². The molecule has 2 aromatic carbocycles. The zero-order valence-electron chi connectivity index (χ0n) is 32.6. The largest absolute Gasteiger partial charge is 0.370 e. The van der Waals surface area contributed by atoms with Crippen LogP contribution in [0, 0.1) is 5.92 Å². The topological polar surface area (TPSA) is 238 Å². The highest BCUT2D eigenvalue weighted by Gasteiger charge is 2.42. The van der Waals surface area contributed by atoms with E-state index in [9.17, 15) is 38.4 Å². The van der Waals surface area contributed by atoms with Crippen molar-refractivity contribution in [2.45, 2.75) is 95.0 Å². The Morgan fingerprint density at radius 1 is 0.719 bits per heavy atom. The minimum Gasteiger partial charge on any atom is -0.370 e. The lowest BCUT2D eigenvalue weighted by Crippen LogP contribution is -2.59. The molecule has 8 N–H and O–H groups in total. The Balaban J connectivity index is 1.74. The van der Waals surface area contributed by atoms with Gasteiger partial charge in [-0.2, -0.15) is 11.8 Å². The third-order valence-corrected chi connectivity index (χ3v) is 10.4. The molecule has 0 spiro atoms. The van der Waals surface area contributed by atoms with Crippen LogP contribution in [0.15, 0.2) is 60.7 Å². The van der Waals surface area contributed by atoms with Crippen molar-refractivity contribution in [3.8, 4) is 0 Å². The first-order chi connectivity index (χ1) is 27.2. The van der Waals surface area contributed by atoms with Crippen LogP contribution in [0.2, 0.25) is 0 Å². The summed E-state index contributed by atoms with van der Waals surface area (Å²) in [5.41, 5.74) is 6.78. The Kier molecular flexibility index (Phi) is 16.9. The zero-order valence-corrected chi connectivity index (χ0v) is 33.4. The molecule has 6 atom stereocenters. The van der Waals surface area contributed by atoms with E-state index in [1.54, 1.807) is 54.6 Å². The molecule has 2 fully saturated rings. The van der Waals surface area contributed by atoms with Crippen LogP contribution < -0.4 is 37.6 Å². The molecule has 0 aliphatic carbocycles. The van der Waals surface area contributed by atoms with Crippen LogP contribution in [0.4, 0.5) is 0 Å². The Hall–Kier alpha value is -5.45. The molecular formula is C40H54N8O8S. The van der Waals surface area contributed by atoms with E-state index in [0.717, 1.165) is 0 Å². The number of nitrogens with one attached hydrogen (secondary N) is 6. The van der Waals surface area contributed by atoms with Gasteiger partial charge in [-0.3, -0.25) is 38.4 Å². The van der Waals surface area contributed by atoms with Crippen molar-refractivity contribution < 1.29 is 38.4 Å². The maximum Gasteiger partial charge on any atom is 0.245 e. The third kappa shape index (κ3) is 13.6. The van der Waals surface area contributed by atoms with E-state index in [4.69, 9.17) is 5.73 Å². The average molecular weight is 807 g/mol. The van der Waals surface area contributed by atoms with Crippen LogP contribution in [0.5, 0.6) is 0 Å². The van der Waals surface area contributed by atoms with Crippen molar-refractivity contribution in [3.63, 3.8) is 0 Å². The number of amides is 8. The van der Waals surface area contributed by atoms with E-state index in [-0.39, 0.29) is 57.4 Å². The van der Waals surface area contributed by atoms with Crippen LogP contribution in [-0.4, -0.2) is 114 Å². The first-order valence-electron chi connectivity index (χ1n) is 19.2. The normalized spacial score (nSPS) is 24.4. The fourth-order valence-electron chi connectivity index (χ4n) is 6.77. The molecule has 16 nitrogen and oxygen atoms in total. The highest BCUT2D eigenvalue weighted by Crippen LogP contribution is 2.21. The second-order valence-electron chi connectivity index (χ2n) is 14.7. The van der Waals surface area contributed by atoms with Gasteiger partial charge in [-0.1, -0.05) is 74.5 Å². The van der Waals surface area contributed by atoms with E-state index in [1.807, 2.05) is 26.2 Å². The minimum atomic E-state index is -1.34. The predicted molar refractivity (Wildman–Crippen MR) is 214 cm³/mol. The molecule has 17 heteroatoms. The summed E-state index contributed by atoms with van der Waals surface area (Å²) in [5, 5.41) is 16.1. The Morgan fingerprint density at radius 3 is 1.79 bits per heavy atom. The van der Waals surface area contributed by atoms with E-state index < -0.39 is 90.1 Å². The van der Waals surface area contributed by atoms with Gasteiger partial charge in [0.15, 0.2) is 0 Å². The number of thioether (sulfide) groups is 1. The molecule has 0 radical (unpaired) electrons. The summed E-state index contributed by atoms with van der Waals surface area (Å²) in [5.74, 6) is -4.88.